The highest BCUT2D eigenvalue weighted by Gasteiger charge is 2.50. The molecule has 2 aliphatic rings. The molecule has 4 aromatic carbocycles. The van der Waals surface area contributed by atoms with Gasteiger partial charge in [0, 0.05) is 11.1 Å². The summed E-state index contributed by atoms with van der Waals surface area (Å²) in [6.07, 6.45) is 0. The summed E-state index contributed by atoms with van der Waals surface area (Å²) in [5.41, 5.74) is 4.12. The van der Waals surface area contributed by atoms with E-state index >= 15 is 0 Å². The molecule has 0 atom stereocenters. The first kappa shape index (κ1) is 14.6. The molecule has 2 nitrogen and oxygen atoms in total. The number of para-hydroxylation sites is 2. The van der Waals surface area contributed by atoms with Gasteiger partial charge < -0.3 is 9.47 Å². The third kappa shape index (κ3) is 1.79. The van der Waals surface area contributed by atoms with Crippen molar-refractivity contribution in [1.29, 1.82) is 0 Å². The minimum absolute atomic E-state index is 0.461. The predicted molar refractivity (Wildman–Crippen MR) is 105 cm³/mol. The average Bonchev–Trinajstić information content (AvgIpc) is 2.74. The molecule has 2 heteroatoms. The Morgan fingerprint density at radius 2 is 0.926 bits per heavy atom. The molecule has 0 unspecified atom stereocenters. The lowest BCUT2D eigenvalue weighted by Crippen LogP contribution is -2.36. The van der Waals surface area contributed by atoms with E-state index in [2.05, 4.69) is 54.6 Å². The van der Waals surface area contributed by atoms with Crippen LogP contribution < -0.4 is 9.47 Å². The maximum absolute atomic E-state index is 6.31. The molecule has 0 spiro atoms. The number of ether oxygens (including phenoxy) is 2. The molecule has 0 aliphatic carbocycles. The van der Waals surface area contributed by atoms with Crippen molar-refractivity contribution in [3.63, 3.8) is 0 Å². The van der Waals surface area contributed by atoms with E-state index in [1.165, 1.54) is 5.56 Å². The molecule has 0 aromatic heterocycles. The highest BCUT2D eigenvalue weighted by atomic mass is 16.5. The molecule has 0 fully saturated rings. The van der Waals surface area contributed by atoms with Gasteiger partial charge in [-0.15, -0.1) is 0 Å². The van der Waals surface area contributed by atoms with Crippen molar-refractivity contribution in [2.45, 2.75) is 5.41 Å². The highest BCUT2D eigenvalue weighted by molar-refractivity contribution is 5.76. The zero-order valence-electron chi connectivity index (χ0n) is 14.6. The average molecular weight is 348 g/mol. The molecule has 0 saturated carbocycles. The molecule has 6 rings (SSSR count). The lowest BCUT2D eigenvalue weighted by atomic mass is 9.62. The van der Waals surface area contributed by atoms with E-state index in [9.17, 15) is 0 Å². The molecule has 0 bridgehead atoms. The van der Waals surface area contributed by atoms with Crippen molar-refractivity contribution in [2.24, 2.45) is 0 Å². The van der Waals surface area contributed by atoms with Crippen LogP contribution in [0.5, 0.6) is 23.0 Å². The van der Waals surface area contributed by atoms with E-state index < -0.39 is 5.41 Å². The fourth-order valence-corrected chi connectivity index (χ4v) is 4.58. The largest absolute Gasteiger partial charge is 0.457 e. The van der Waals surface area contributed by atoms with Crippen LogP contribution in [0, 0.1) is 0 Å². The first-order valence-corrected chi connectivity index (χ1v) is 9.13. The third-order valence-corrected chi connectivity index (χ3v) is 5.59. The van der Waals surface area contributed by atoms with Crippen molar-refractivity contribution in [3.8, 4) is 23.0 Å². The van der Waals surface area contributed by atoms with E-state index in [4.69, 9.17) is 9.47 Å². The highest BCUT2D eigenvalue weighted by Crippen LogP contribution is 2.62. The van der Waals surface area contributed by atoms with Crippen LogP contribution in [0.1, 0.15) is 22.3 Å². The van der Waals surface area contributed by atoms with E-state index in [0.29, 0.717) is 0 Å². The summed E-state index contributed by atoms with van der Waals surface area (Å²) in [7, 11) is 0. The lowest BCUT2D eigenvalue weighted by Gasteiger charge is -2.45. The van der Waals surface area contributed by atoms with Gasteiger partial charge in [-0.3, -0.25) is 0 Å². The Kier molecular flexibility index (Phi) is 2.84. The standard InChI is InChI=1S/C25H16O2/c1-2-9-17(10-3-1)25-18-11-4-6-13-20(18)26-22-15-8-16-23(24(22)25)27-21-14-7-5-12-19(21)25/h1-16H. The number of rotatable bonds is 1. The van der Waals surface area contributed by atoms with Crippen LogP contribution in [-0.4, -0.2) is 0 Å². The van der Waals surface area contributed by atoms with Gasteiger partial charge in [0.2, 0.25) is 0 Å². The van der Waals surface area contributed by atoms with Gasteiger partial charge in [-0.2, -0.15) is 0 Å². The molecule has 0 radical (unpaired) electrons. The summed E-state index contributed by atoms with van der Waals surface area (Å²) in [4.78, 5) is 0. The van der Waals surface area contributed by atoms with E-state index in [1.807, 2.05) is 42.5 Å². The third-order valence-electron chi connectivity index (χ3n) is 5.59. The van der Waals surface area contributed by atoms with Crippen LogP contribution in [0.15, 0.2) is 97.1 Å². The van der Waals surface area contributed by atoms with Gasteiger partial charge in [0.25, 0.3) is 0 Å². The SMILES string of the molecule is c1ccc(C23c4ccccc4Oc4cccc(c42)Oc2ccccc23)cc1. The summed E-state index contributed by atoms with van der Waals surface area (Å²) in [6, 6.07) is 33.4. The smallest absolute Gasteiger partial charge is 0.135 e. The number of benzene rings is 4. The summed E-state index contributed by atoms with van der Waals surface area (Å²) in [5, 5.41) is 0. The second kappa shape index (κ2) is 5.24. The van der Waals surface area contributed by atoms with Gasteiger partial charge in [0.1, 0.15) is 23.0 Å². The molecule has 0 saturated heterocycles. The van der Waals surface area contributed by atoms with Crippen molar-refractivity contribution < 1.29 is 9.47 Å². The normalized spacial score (nSPS) is 14.8. The molecule has 2 heterocycles. The van der Waals surface area contributed by atoms with Crippen LogP contribution in [-0.2, 0) is 5.41 Å². The van der Waals surface area contributed by atoms with Gasteiger partial charge in [-0.25, -0.2) is 0 Å². The Hall–Kier alpha value is -3.52. The zero-order valence-corrected chi connectivity index (χ0v) is 14.6. The fourth-order valence-electron chi connectivity index (χ4n) is 4.58. The van der Waals surface area contributed by atoms with Gasteiger partial charge in [0.05, 0.1) is 11.0 Å². The maximum atomic E-state index is 6.31. The van der Waals surface area contributed by atoms with E-state index in [-0.39, 0.29) is 0 Å². The zero-order chi connectivity index (χ0) is 17.8. The molecule has 27 heavy (non-hydrogen) atoms. The minimum Gasteiger partial charge on any atom is -0.457 e. The molecule has 0 N–H and O–H groups in total. The van der Waals surface area contributed by atoms with Crippen molar-refractivity contribution in [1.82, 2.24) is 0 Å². The summed E-state index contributed by atoms with van der Waals surface area (Å²) < 4.78 is 12.6. The number of hydrogen-bond donors (Lipinski definition) is 0. The Bertz CT molecular complexity index is 1110. The molecule has 2 aliphatic heterocycles. The van der Waals surface area contributed by atoms with Crippen LogP contribution in [0.3, 0.4) is 0 Å². The van der Waals surface area contributed by atoms with Crippen molar-refractivity contribution >= 4 is 0 Å². The van der Waals surface area contributed by atoms with Crippen molar-refractivity contribution in [3.05, 3.63) is 119 Å². The minimum atomic E-state index is -0.461. The Labute approximate surface area is 157 Å². The van der Waals surface area contributed by atoms with Gasteiger partial charge in [0.15, 0.2) is 0 Å². The monoisotopic (exact) mass is 348 g/mol. The van der Waals surface area contributed by atoms with Crippen LogP contribution in [0.25, 0.3) is 0 Å². The van der Waals surface area contributed by atoms with Crippen molar-refractivity contribution in [2.75, 3.05) is 0 Å². The summed E-state index contributed by atoms with van der Waals surface area (Å²) >= 11 is 0. The van der Waals surface area contributed by atoms with Gasteiger partial charge in [-0.05, 0) is 29.8 Å². The molecular formula is C25H16O2. The first-order valence-electron chi connectivity index (χ1n) is 9.13. The number of fused-ring (bicyclic) bond motifs is 4. The Morgan fingerprint density at radius 3 is 1.52 bits per heavy atom. The first-order chi connectivity index (χ1) is 13.4. The maximum Gasteiger partial charge on any atom is 0.135 e. The second-order valence-electron chi connectivity index (χ2n) is 6.94. The Balaban J connectivity index is 1.86. The van der Waals surface area contributed by atoms with Gasteiger partial charge >= 0.3 is 0 Å². The topological polar surface area (TPSA) is 18.5 Å². The molecule has 0 amide bonds. The fraction of sp³-hybridized carbons (Fsp3) is 0.0400. The van der Waals surface area contributed by atoms with E-state index in [0.717, 1.165) is 39.7 Å². The predicted octanol–water partition coefficient (Wildman–Crippen LogP) is 6.28. The molecular weight excluding hydrogens is 332 g/mol. The summed E-state index contributed by atoms with van der Waals surface area (Å²) in [5.74, 6) is 3.49. The Morgan fingerprint density at radius 1 is 0.444 bits per heavy atom. The molecule has 128 valence electrons. The quantitative estimate of drug-likeness (QED) is 0.348. The second-order valence-corrected chi connectivity index (χ2v) is 6.94. The van der Waals surface area contributed by atoms with Crippen LogP contribution in [0.2, 0.25) is 0 Å². The van der Waals surface area contributed by atoms with E-state index in [1.54, 1.807) is 0 Å². The lowest BCUT2D eigenvalue weighted by molar-refractivity contribution is 0.385. The number of hydrogen-bond acceptors (Lipinski definition) is 2. The van der Waals surface area contributed by atoms with Crippen LogP contribution in [0.4, 0.5) is 0 Å². The van der Waals surface area contributed by atoms with Gasteiger partial charge in [-0.1, -0.05) is 72.8 Å². The molecule has 4 aromatic rings. The summed E-state index contributed by atoms with van der Waals surface area (Å²) in [6.45, 7) is 0. The van der Waals surface area contributed by atoms with Crippen LogP contribution >= 0.6 is 0 Å².